The normalized spacial score (nSPS) is 51.6. The molecule has 3 rings (SSSR count). The Morgan fingerprint density at radius 1 is 1.24 bits per heavy atom. The summed E-state index contributed by atoms with van der Waals surface area (Å²) in [5.41, 5.74) is -0.540. The van der Waals surface area contributed by atoms with Crippen LogP contribution in [0.4, 0.5) is 0 Å². The van der Waals surface area contributed by atoms with Gasteiger partial charge in [0.05, 0.1) is 12.7 Å². The summed E-state index contributed by atoms with van der Waals surface area (Å²) in [5.74, 6) is 0. The Morgan fingerprint density at radius 3 is 2.65 bits per heavy atom. The Bertz CT molecular complexity index is 353. The van der Waals surface area contributed by atoms with Gasteiger partial charge in [0.25, 0.3) is 0 Å². The number of aliphatic hydroxyl groups is 1. The van der Waals surface area contributed by atoms with Crippen LogP contribution in [0, 0.1) is 0 Å². The van der Waals surface area contributed by atoms with Crippen LogP contribution in [0.5, 0.6) is 0 Å². The molecule has 0 bridgehead atoms. The first-order valence-electron chi connectivity index (χ1n) is 7.07. The van der Waals surface area contributed by atoms with Crippen molar-refractivity contribution >= 4 is 7.14 Å². The van der Waals surface area contributed by atoms with Crippen LogP contribution in [0.2, 0.25) is 0 Å². The van der Waals surface area contributed by atoms with E-state index in [2.05, 4.69) is 4.90 Å². The average molecular weight is 257 g/mol. The van der Waals surface area contributed by atoms with Gasteiger partial charge in [-0.05, 0) is 45.4 Å². The highest BCUT2D eigenvalue weighted by atomic mass is 31.2. The van der Waals surface area contributed by atoms with E-state index >= 15 is 0 Å². The molecule has 2 heterocycles. The van der Waals surface area contributed by atoms with E-state index in [-0.39, 0.29) is 11.7 Å². The minimum Gasteiger partial charge on any atom is -0.387 e. The summed E-state index contributed by atoms with van der Waals surface area (Å²) in [6.45, 7) is 4.13. The number of hydrogen-bond donors (Lipinski definition) is 1. The Hall–Kier alpha value is 0.150. The van der Waals surface area contributed by atoms with Gasteiger partial charge in [-0.1, -0.05) is 12.8 Å². The SMILES string of the molecule is C[P@]1(=O)C[C@@H](N2CCCC2)[C@@]2(O)CCCC[C@H]21. The smallest absolute Gasteiger partial charge is 0.0922 e. The molecule has 1 saturated carbocycles. The molecule has 98 valence electrons. The zero-order valence-corrected chi connectivity index (χ0v) is 11.7. The van der Waals surface area contributed by atoms with Gasteiger partial charge in [-0.2, -0.15) is 0 Å². The van der Waals surface area contributed by atoms with Crippen LogP contribution in [-0.2, 0) is 4.57 Å². The van der Waals surface area contributed by atoms with Crippen LogP contribution in [0.1, 0.15) is 38.5 Å². The van der Waals surface area contributed by atoms with Crippen LogP contribution in [0.25, 0.3) is 0 Å². The van der Waals surface area contributed by atoms with E-state index in [1.165, 1.54) is 12.8 Å². The van der Waals surface area contributed by atoms with Gasteiger partial charge in [0.2, 0.25) is 0 Å². The molecule has 3 fully saturated rings. The van der Waals surface area contributed by atoms with Gasteiger partial charge >= 0.3 is 0 Å². The fourth-order valence-electron chi connectivity index (χ4n) is 4.41. The average Bonchev–Trinajstić information content (AvgIpc) is 2.84. The lowest BCUT2D eigenvalue weighted by Crippen LogP contribution is -2.55. The molecule has 4 atom stereocenters. The van der Waals surface area contributed by atoms with E-state index in [1.807, 2.05) is 6.66 Å². The summed E-state index contributed by atoms with van der Waals surface area (Å²) in [6.07, 6.45) is 7.35. The van der Waals surface area contributed by atoms with E-state index in [4.69, 9.17) is 0 Å². The molecule has 0 aromatic carbocycles. The summed E-state index contributed by atoms with van der Waals surface area (Å²) in [5, 5.41) is 11.1. The van der Waals surface area contributed by atoms with Gasteiger partial charge in [0.15, 0.2) is 0 Å². The third-order valence-electron chi connectivity index (χ3n) is 5.24. The molecule has 1 N–H and O–H groups in total. The van der Waals surface area contributed by atoms with Crippen molar-refractivity contribution in [2.75, 3.05) is 25.9 Å². The Kier molecular flexibility index (Phi) is 2.93. The number of fused-ring (bicyclic) bond motifs is 1. The lowest BCUT2D eigenvalue weighted by atomic mass is 9.79. The molecular formula is C13H24NO2P. The minimum atomic E-state index is -2.14. The second kappa shape index (κ2) is 4.08. The molecule has 0 radical (unpaired) electrons. The van der Waals surface area contributed by atoms with Gasteiger partial charge in [0, 0.05) is 17.9 Å². The van der Waals surface area contributed by atoms with Crippen molar-refractivity contribution in [2.45, 2.75) is 55.8 Å². The topological polar surface area (TPSA) is 40.5 Å². The summed E-state index contributed by atoms with van der Waals surface area (Å²) in [4.78, 5) is 2.42. The number of hydrogen-bond acceptors (Lipinski definition) is 3. The highest BCUT2D eigenvalue weighted by Gasteiger charge is 2.59. The maximum Gasteiger partial charge on any atom is 0.0922 e. The Morgan fingerprint density at radius 2 is 1.94 bits per heavy atom. The highest BCUT2D eigenvalue weighted by Crippen LogP contribution is 2.64. The first kappa shape index (κ1) is 12.2. The van der Waals surface area contributed by atoms with Crippen molar-refractivity contribution in [1.82, 2.24) is 4.90 Å². The largest absolute Gasteiger partial charge is 0.387 e. The Balaban J connectivity index is 1.91. The highest BCUT2D eigenvalue weighted by molar-refractivity contribution is 7.64. The molecule has 2 saturated heterocycles. The predicted molar refractivity (Wildman–Crippen MR) is 70.2 cm³/mol. The van der Waals surface area contributed by atoms with Crippen molar-refractivity contribution in [3.05, 3.63) is 0 Å². The molecule has 17 heavy (non-hydrogen) atoms. The summed E-state index contributed by atoms with van der Waals surface area (Å²) in [6, 6.07) is 0.186. The number of nitrogens with zero attached hydrogens (tertiary/aromatic N) is 1. The third kappa shape index (κ3) is 1.82. The van der Waals surface area contributed by atoms with Crippen LogP contribution in [0.15, 0.2) is 0 Å². The molecule has 0 unspecified atom stereocenters. The molecule has 3 nitrogen and oxygen atoms in total. The van der Waals surface area contributed by atoms with Crippen LogP contribution in [0.3, 0.4) is 0 Å². The molecule has 3 aliphatic rings. The number of rotatable bonds is 1. The van der Waals surface area contributed by atoms with E-state index in [9.17, 15) is 9.67 Å². The van der Waals surface area contributed by atoms with Gasteiger partial charge in [-0.3, -0.25) is 4.90 Å². The van der Waals surface area contributed by atoms with Gasteiger partial charge in [0.1, 0.15) is 0 Å². The standard InChI is InChI=1S/C13H24NO2P/c1-17(16)10-11(14-8-4-5-9-14)13(15)7-3-2-6-12(13)17/h11-12,15H,2-10H2,1H3/t11-,12-,13+,17+/m1/s1. The maximum atomic E-state index is 12.8. The van der Waals surface area contributed by atoms with Crippen LogP contribution < -0.4 is 0 Å². The molecule has 0 aromatic rings. The first-order valence-corrected chi connectivity index (χ1v) is 9.47. The summed E-state index contributed by atoms with van der Waals surface area (Å²) < 4.78 is 12.8. The Labute approximate surface area is 104 Å². The van der Waals surface area contributed by atoms with Crippen LogP contribution >= 0.6 is 7.14 Å². The van der Waals surface area contributed by atoms with Crippen molar-refractivity contribution in [3.63, 3.8) is 0 Å². The minimum absolute atomic E-state index is 0.0920. The molecule has 0 amide bonds. The van der Waals surface area contributed by atoms with E-state index in [1.54, 1.807) is 0 Å². The summed E-state index contributed by atoms with van der Waals surface area (Å²) in [7, 11) is -2.14. The first-order chi connectivity index (χ1) is 8.04. The summed E-state index contributed by atoms with van der Waals surface area (Å²) >= 11 is 0. The zero-order chi connectivity index (χ0) is 12.1. The van der Waals surface area contributed by atoms with E-state index in [0.29, 0.717) is 0 Å². The van der Waals surface area contributed by atoms with Crippen molar-refractivity contribution in [2.24, 2.45) is 0 Å². The number of likely N-dealkylation sites (tertiary alicyclic amines) is 1. The lowest BCUT2D eigenvalue weighted by molar-refractivity contribution is -0.0458. The fourth-order valence-corrected chi connectivity index (χ4v) is 7.87. The van der Waals surface area contributed by atoms with Gasteiger partial charge in [-0.25, -0.2) is 0 Å². The van der Waals surface area contributed by atoms with Crippen molar-refractivity contribution < 1.29 is 9.67 Å². The zero-order valence-electron chi connectivity index (χ0n) is 10.8. The second-order valence-corrected chi connectivity index (χ2v) is 9.71. The van der Waals surface area contributed by atoms with E-state index < -0.39 is 12.7 Å². The molecule has 0 spiro atoms. The second-order valence-electron chi connectivity index (χ2n) is 6.37. The molecule has 2 aliphatic heterocycles. The van der Waals surface area contributed by atoms with Gasteiger partial charge < -0.3 is 9.67 Å². The van der Waals surface area contributed by atoms with Crippen molar-refractivity contribution in [1.29, 1.82) is 0 Å². The van der Waals surface area contributed by atoms with E-state index in [0.717, 1.165) is 44.9 Å². The molecule has 0 aromatic heterocycles. The monoisotopic (exact) mass is 257 g/mol. The lowest BCUT2D eigenvalue weighted by Gasteiger charge is -2.42. The fraction of sp³-hybridized carbons (Fsp3) is 1.00. The quantitative estimate of drug-likeness (QED) is 0.732. The predicted octanol–water partition coefficient (Wildman–Crippen LogP) is 2.13. The van der Waals surface area contributed by atoms with Crippen molar-refractivity contribution in [3.8, 4) is 0 Å². The molecule has 1 aliphatic carbocycles. The molecule has 4 heteroatoms. The molecular weight excluding hydrogens is 233 g/mol. The maximum absolute atomic E-state index is 12.8. The van der Waals surface area contributed by atoms with Crippen LogP contribution in [-0.4, -0.2) is 53.2 Å². The third-order valence-corrected chi connectivity index (χ3v) is 8.33. The van der Waals surface area contributed by atoms with Gasteiger partial charge in [-0.15, -0.1) is 0 Å².